The molecule has 0 heterocycles. The molecule has 0 radical (unpaired) electrons. The van der Waals surface area contributed by atoms with Crippen LogP contribution in [-0.4, -0.2) is 24.9 Å². The molecule has 1 rings (SSSR count). The Kier molecular flexibility index (Phi) is 5.62. The third-order valence-corrected chi connectivity index (χ3v) is 3.90. The van der Waals surface area contributed by atoms with E-state index >= 15 is 0 Å². The van der Waals surface area contributed by atoms with Crippen molar-refractivity contribution in [3.8, 4) is 0 Å². The maximum Gasteiger partial charge on any atom is 0.0594 e. The van der Waals surface area contributed by atoms with Crippen molar-refractivity contribution in [2.24, 2.45) is 17.8 Å². The van der Waals surface area contributed by atoms with Crippen LogP contribution in [0, 0.1) is 17.8 Å². The van der Waals surface area contributed by atoms with Crippen molar-refractivity contribution in [1.82, 2.24) is 0 Å². The summed E-state index contributed by atoms with van der Waals surface area (Å²) in [6.07, 6.45) is 5.85. The highest BCUT2D eigenvalue weighted by atomic mass is 16.5. The topological polar surface area (TPSA) is 29.5 Å². The molecule has 1 aliphatic carbocycles. The average molecular weight is 214 g/mol. The van der Waals surface area contributed by atoms with Crippen LogP contribution in [0.5, 0.6) is 0 Å². The molecule has 2 unspecified atom stereocenters. The molecule has 1 N–H and O–H groups in total. The van der Waals surface area contributed by atoms with Gasteiger partial charge in [-0.1, -0.05) is 26.7 Å². The predicted octanol–water partition coefficient (Wildman–Crippen LogP) is 2.85. The summed E-state index contributed by atoms with van der Waals surface area (Å²) in [5, 5.41) is 10.2. The molecule has 2 nitrogen and oxygen atoms in total. The molecule has 0 aromatic carbocycles. The standard InChI is InChI=1S/C13H26O2/c1-10-4-6-12(7-5-10)13(14)11(2)8-9-15-3/h10-14H,4-9H2,1-3H3. The van der Waals surface area contributed by atoms with E-state index in [0.717, 1.165) is 18.9 Å². The second-order valence-electron chi connectivity index (χ2n) is 5.27. The Hall–Kier alpha value is -0.0800. The fraction of sp³-hybridized carbons (Fsp3) is 1.00. The fourth-order valence-electron chi connectivity index (χ4n) is 2.57. The Bertz CT molecular complexity index is 162. The summed E-state index contributed by atoms with van der Waals surface area (Å²) < 4.78 is 5.06. The van der Waals surface area contributed by atoms with Gasteiger partial charge in [-0.25, -0.2) is 0 Å². The molecule has 90 valence electrons. The minimum atomic E-state index is -0.118. The molecule has 0 saturated heterocycles. The van der Waals surface area contributed by atoms with E-state index in [1.165, 1.54) is 25.7 Å². The second-order valence-corrected chi connectivity index (χ2v) is 5.27. The van der Waals surface area contributed by atoms with Gasteiger partial charge in [0.25, 0.3) is 0 Å². The van der Waals surface area contributed by atoms with Gasteiger partial charge in [0.15, 0.2) is 0 Å². The molecule has 0 aromatic rings. The lowest BCUT2D eigenvalue weighted by Crippen LogP contribution is -2.31. The van der Waals surface area contributed by atoms with E-state index < -0.39 is 0 Å². The number of hydrogen-bond donors (Lipinski definition) is 1. The molecule has 0 spiro atoms. The van der Waals surface area contributed by atoms with Gasteiger partial charge in [-0.3, -0.25) is 0 Å². The molecule has 0 amide bonds. The molecule has 0 bridgehead atoms. The maximum absolute atomic E-state index is 10.2. The molecule has 1 fully saturated rings. The van der Waals surface area contributed by atoms with Crippen molar-refractivity contribution in [3.05, 3.63) is 0 Å². The zero-order valence-electron chi connectivity index (χ0n) is 10.4. The van der Waals surface area contributed by atoms with E-state index in [2.05, 4.69) is 13.8 Å². The molecule has 1 aliphatic rings. The van der Waals surface area contributed by atoms with E-state index in [4.69, 9.17) is 4.74 Å². The molecular formula is C13H26O2. The SMILES string of the molecule is COCCC(C)C(O)C1CCC(C)CC1. The summed E-state index contributed by atoms with van der Waals surface area (Å²) in [4.78, 5) is 0. The first-order chi connectivity index (χ1) is 7.15. The van der Waals surface area contributed by atoms with Crippen molar-refractivity contribution in [1.29, 1.82) is 0 Å². The summed E-state index contributed by atoms with van der Waals surface area (Å²) in [5.74, 6) is 1.78. The minimum absolute atomic E-state index is 0.118. The normalized spacial score (nSPS) is 31.2. The van der Waals surface area contributed by atoms with Crippen LogP contribution >= 0.6 is 0 Å². The van der Waals surface area contributed by atoms with E-state index in [0.29, 0.717) is 11.8 Å². The Morgan fingerprint density at radius 3 is 2.40 bits per heavy atom. The Balaban J connectivity index is 2.29. The Morgan fingerprint density at radius 1 is 1.27 bits per heavy atom. The highest BCUT2D eigenvalue weighted by Crippen LogP contribution is 2.33. The van der Waals surface area contributed by atoms with E-state index in [1.807, 2.05) is 0 Å². The van der Waals surface area contributed by atoms with Gasteiger partial charge in [-0.15, -0.1) is 0 Å². The number of hydrogen-bond acceptors (Lipinski definition) is 2. The zero-order valence-corrected chi connectivity index (χ0v) is 10.4. The fourth-order valence-corrected chi connectivity index (χ4v) is 2.57. The molecule has 2 atom stereocenters. The van der Waals surface area contributed by atoms with Gasteiger partial charge >= 0.3 is 0 Å². The average Bonchev–Trinajstić information content (AvgIpc) is 2.26. The number of rotatable bonds is 5. The summed E-state index contributed by atoms with van der Waals surface area (Å²) in [5.41, 5.74) is 0. The monoisotopic (exact) mass is 214 g/mol. The van der Waals surface area contributed by atoms with Gasteiger partial charge in [0, 0.05) is 13.7 Å². The quantitative estimate of drug-likeness (QED) is 0.762. The first-order valence-electron chi connectivity index (χ1n) is 6.32. The second kappa shape index (κ2) is 6.49. The van der Waals surface area contributed by atoms with Gasteiger partial charge < -0.3 is 9.84 Å². The van der Waals surface area contributed by atoms with E-state index in [1.54, 1.807) is 7.11 Å². The van der Waals surface area contributed by atoms with Crippen LogP contribution < -0.4 is 0 Å². The van der Waals surface area contributed by atoms with Gasteiger partial charge in [0.05, 0.1) is 6.10 Å². The van der Waals surface area contributed by atoms with Crippen molar-refractivity contribution in [3.63, 3.8) is 0 Å². The van der Waals surface area contributed by atoms with E-state index in [-0.39, 0.29) is 6.10 Å². The number of methoxy groups -OCH3 is 1. The first-order valence-corrected chi connectivity index (χ1v) is 6.32. The molecule has 0 aliphatic heterocycles. The third-order valence-electron chi connectivity index (χ3n) is 3.90. The van der Waals surface area contributed by atoms with Crippen LogP contribution in [-0.2, 0) is 4.74 Å². The molecule has 2 heteroatoms. The Morgan fingerprint density at radius 2 is 1.87 bits per heavy atom. The van der Waals surface area contributed by atoms with Crippen LogP contribution in [0.4, 0.5) is 0 Å². The number of aliphatic hydroxyl groups excluding tert-OH is 1. The van der Waals surface area contributed by atoms with Crippen LogP contribution in [0.2, 0.25) is 0 Å². The Labute approximate surface area is 94.0 Å². The molecular weight excluding hydrogens is 188 g/mol. The minimum Gasteiger partial charge on any atom is -0.393 e. The smallest absolute Gasteiger partial charge is 0.0594 e. The van der Waals surface area contributed by atoms with Gasteiger partial charge in [0.1, 0.15) is 0 Å². The molecule has 1 saturated carbocycles. The molecule has 15 heavy (non-hydrogen) atoms. The number of ether oxygens (including phenoxy) is 1. The predicted molar refractivity (Wildman–Crippen MR) is 62.8 cm³/mol. The van der Waals surface area contributed by atoms with Crippen molar-refractivity contribution < 1.29 is 9.84 Å². The van der Waals surface area contributed by atoms with Gasteiger partial charge in [-0.2, -0.15) is 0 Å². The lowest BCUT2D eigenvalue weighted by atomic mass is 9.77. The lowest BCUT2D eigenvalue weighted by Gasteiger charge is -2.32. The highest BCUT2D eigenvalue weighted by Gasteiger charge is 2.27. The lowest BCUT2D eigenvalue weighted by molar-refractivity contribution is 0.0214. The summed E-state index contributed by atoms with van der Waals surface area (Å²) >= 11 is 0. The van der Waals surface area contributed by atoms with Crippen molar-refractivity contribution in [2.45, 2.75) is 52.1 Å². The van der Waals surface area contributed by atoms with E-state index in [9.17, 15) is 5.11 Å². The van der Waals surface area contributed by atoms with Crippen LogP contribution in [0.3, 0.4) is 0 Å². The first kappa shape index (κ1) is 13.0. The molecule has 0 aromatic heterocycles. The summed E-state index contributed by atoms with van der Waals surface area (Å²) in [6.45, 7) is 5.22. The number of aliphatic hydroxyl groups is 1. The highest BCUT2D eigenvalue weighted by molar-refractivity contribution is 4.78. The zero-order chi connectivity index (χ0) is 11.3. The van der Waals surface area contributed by atoms with Crippen molar-refractivity contribution in [2.75, 3.05) is 13.7 Å². The van der Waals surface area contributed by atoms with Crippen LogP contribution in [0.25, 0.3) is 0 Å². The van der Waals surface area contributed by atoms with Crippen LogP contribution in [0.15, 0.2) is 0 Å². The van der Waals surface area contributed by atoms with Gasteiger partial charge in [0.2, 0.25) is 0 Å². The summed E-state index contributed by atoms with van der Waals surface area (Å²) in [7, 11) is 1.72. The van der Waals surface area contributed by atoms with Crippen molar-refractivity contribution >= 4 is 0 Å². The van der Waals surface area contributed by atoms with Crippen LogP contribution in [0.1, 0.15) is 46.0 Å². The maximum atomic E-state index is 10.2. The summed E-state index contributed by atoms with van der Waals surface area (Å²) in [6, 6.07) is 0. The third kappa shape index (κ3) is 4.12. The largest absolute Gasteiger partial charge is 0.393 e. The van der Waals surface area contributed by atoms with Gasteiger partial charge in [-0.05, 0) is 37.0 Å².